The third kappa shape index (κ3) is 4.69. The third-order valence-corrected chi connectivity index (χ3v) is 4.71. The molecule has 1 aromatic heterocycles. The molecule has 2 rings (SSSR count). The second-order valence-corrected chi connectivity index (χ2v) is 6.40. The zero-order valence-electron chi connectivity index (χ0n) is 13.1. The van der Waals surface area contributed by atoms with Gasteiger partial charge in [0, 0.05) is 31.6 Å². The van der Waals surface area contributed by atoms with E-state index in [4.69, 9.17) is 0 Å². The summed E-state index contributed by atoms with van der Waals surface area (Å²) in [7, 11) is 3.67. The summed E-state index contributed by atoms with van der Waals surface area (Å²) in [4.78, 5) is 29.4. The second kappa shape index (κ2) is 9.12. The first-order valence-corrected chi connectivity index (χ1v) is 8.23. The maximum atomic E-state index is 12.5. The molecule has 1 aromatic rings. The molecule has 1 atom stereocenters. The number of likely N-dealkylation sites (tertiary alicyclic amines) is 1. The summed E-state index contributed by atoms with van der Waals surface area (Å²) in [6, 6.07) is 3.64. The SMILES string of the molecule is CNCCN(C)C(=O)C1CCCN1C(=O)Cc1cccs1.Cl. The van der Waals surface area contributed by atoms with Gasteiger partial charge in [-0.1, -0.05) is 6.07 Å². The van der Waals surface area contributed by atoms with Gasteiger partial charge in [-0.05, 0) is 31.3 Å². The largest absolute Gasteiger partial charge is 0.343 e. The van der Waals surface area contributed by atoms with Crippen molar-refractivity contribution in [3.05, 3.63) is 22.4 Å². The summed E-state index contributed by atoms with van der Waals surface area (Å²) < 4.78 is 0. The van der Waals surface area contributed by atoms with Gasteiger partial charge in [0.2, 0.25) is 11.8 Å². The summed E-state index contributed by atoms with van der Waals surface area (Å²) in [5, 5.41) is 5.01. The standard InChI is InChI=1S/C15H23N3O2S.ClH/c1-16-7-9-17(2)15(20)13-6-3-8-18(13)14(19)11-12-5-4-10-21-12;/h4-5,10,13,16H,3,6-9,11H2,1-2H3;1H. The van der Waals surface area contributed by atoms with Crippen LogP contribution in [0.3, 0.4) is 0 Å². The summed E-state index contributed by atoms with van der Waals surface area (Å²) in [6.07, 6.45) is 2.09. The highest BCUT2D eigenvalue weighted by atomic mass is 35.5. The predicted octanol–water partition coefficient (Wildman–Crippen LogP) is 1.38. The fraction of sp³-hybridized carbons (Fsp3) is 0.600. The molecule has 1 saturated heterocycles. The molecule has 0 aliphatic carbocycles. The molecular weight excluding hydrogens is 322 g/mol. The highest BCUT2D eigenvalue weighted by Crippen LogP contribution is 2.21. The van der Waals surface area contributed by atoms with Gasteiger partial charge < -0.3 is 15.1 Å². The Morgan fingerprint density at radius 1 is 1.50 bits per heavy atom. The van der Waals surface area contributed by atoms with Crippen molar-refractivity contribution in [3.8, 4) is 0 Å². The van der Waals surface area contributed by atoms with Crippen LogP contribution in [0.4, 0.5) is 0 Å². The number of halogens is 1. The zero-order valence-corrected chi connectivity index (χ0v) is 14.7. The molecule has 22 heavy (non-hydrogen) atoms. The fourth-order valence-electron chi connectivity index (χ4n) is 2.63. The minimum atomic E-state index is -0.278. The number of amides is 2. The average molecular weight is 346 g/mol. The van der Waals surface area contributed by atoms with Gasteiger partial charge in [-0.25, -0.2) is 0 Å². The van der Waals surface area contributed by atoms with Crippen LogP contribution in [0.2, 0.25) is 0 Å². The van der Waals surface area contributed by atoms with Crippen molar-refractivity contribution in [2.45, 2.75) is 25.3 Å². The number of nitrogens with one attached hydrogen (secondary N) is 1. The molecule has 0 spiro atoms. The van der Waals surface area contributed by atoms with E-state index in [0.717, 1.165) is 24.3 Å². The minimum absolute atomic E-state index is 0. The first-order chi connectivity index (χ1) is 10.1. The summed E-state index contributed by atoms with van der Waals surface area (Å²) in [5.41, 5.74) is 0. The zero-order chi connectivity index (χ0) is 15.2. The molecule has 1 aliphatic heterocycles. The molecule has 1 unspecified atom stereocenters. The number of likely N-dealkylation sites (N-methyl/N-ethyl adjacent to an activating group) is 2. The summed E-state index contributed by atoms with van der Waals surface area (Å²) in [6.45, 7) is 2.12. The van der Waals surface area contributed by atoms with Gasteiger partial charge in [0.15, 0.2) is 0 Å². The number of carbonyl (C=O) groups excluding carboxylic acids is 2. The second-order valence-electron chi connectivity index (χ2n) is 5.36. The molecule has 1 N–H and O–H groups in total. The Balaban J connectivity index is 0.00000242. The van der Waals surface area contributed by atoms with Crippen LogP contribution in [0, 0.1) is 0 Å². The summed E-state index contributed by atoms with van der Waals surface area (Å²) >= 11 is 1.59. The third-order valence-electron chi connectivity index (χ3n) is 3.84. The lowest BCUT2D eigenvalue weighted by molar-refractivity contribution is -0.142. The molecule has 0 radical (unpaired) electrons. The van der Waals surface area contributed by atoms with Crippen LogP contribution >= 0.6 is 23.7 Å². The van der Waals surface area contributed by atoms with Crippen LogP contribution in [0.5, 0.6) is 0 Å². The molecule has 1 fully saturated rings. The summed E-state index contributed by atoms with van der Waals surface area (Å²) in [5.74, 6) is 0.123. The Labute approximate surface area is 142 Å². The van der Waals surface area contributed by atoms with E-state index in [1.165, 1.54) is 0 Å². The normalized spacial score (nSPS) is 17.2. The molecule has 0 aromatic carbocycles. The monoisotopic (exact) mass is 345 g/mol. The van der Waals surface area contributed by atoms with Gasteiger partial charge in [-0.2, -0.15) is 0 Å². The van der Waals surface area contributed by atoms with Gasteiger partial charge in [-0.3, -0.25) is 9.59 Å². The maximum Gasteiger partial charge on any atom is 0.245 e. The Bertz CT molecular complexity index is 481. The number of nitrogens with zero attached hydrogens (tertiary/aromatic N) is 2. The van der Waals surface area contributed by atoms with Crippen LogP contribution in [-0.2, 0) is 16.0 Å². The highest BCUT2D eigenvalue weighted by Gasteiger charge is 2.35. The van der Waals surface area contributed by atoms with Crippen LogP contribution in [0.25, 0.3) is 0 Å². The molecular formula is C15H24ClN3O2S. The van der Waals surface area contributed by atoms with Crippen LogP contribution < -0.4 is 5.32 Å². The fourth-order valence-corrected chi connectivity index (χ4v) is 3.33. The molecule has 2 heterocycles. The first-order valence-electron chi connectivity index (χ1n) is 7.35. The number of rotatable bonds is 6. The topological polar surface area (TPSA) is 52.7 Å². The molecule has 7 heteroatoms. The van der Waals surface area contributed by atoms with Gasteiger partial charge >= 0.3 is 0 Å². The Kier molecular flexibility index (Phi) is 7.85. The minimum Gasteiger partial charge on any atom is -0.343 e. The van der Waals surface area contributed by atoms with Crippen molar-refractivity contribution in [1.29, 1.82) is 0 Å². The predicted molar refractivity (Wildman–Crippen MR) is 91.6 cm³/mol. The van der Waals surface area contributed by atoms with Crippen molar-refractivity contribution in [2.24, 2.45) is 0 Å². The van der Waals surface area contributed by atoms with Crippen molar-refractivity contribution in [2.75, 3.05) is 33.7 Å². The molecule has 124 valence electrons. The first kappa shape index (κ1) is 18.9. The lowest BCUT2D eigenvalue weighted by atomic mass is 10.2. The van der Waals surface area contributed by atoms with Gasteiger partial charge in [0.1, 0.15) is 6.04 Å². The van der Waals surface area contributed by atoms with Crippen molar-refractivity contribution < 1.29 is 9.59 Å². The van der Waals surface area contributed by atoms with E-state index in [9.17, 15) is 9.59 Å². The smallest absolute Gasteiger partial charge is 0.245 e. The van der Waals surface area contributed by atoms with E-state index in [1.807, 2.05) is 24.6 Å². The lowest BCUT2D eigenvalue weighted by Crippen LogP contribution is -2.48. The molecule has 1 aliphatic rings. The molecule has 2 amide bonds. The van der Waals surface area contributed by atoms with Crippen molar-refractivity contribution in [3.63, 3.8) is 0 Å². The molecule has 0 saturated carbocycles. The Morgan fingerprint density at radius 3 is 2.91 bits per heavy atom. The van der Waals surface area contributed by atoms with Crippen LogP contribution in [0.1, 0.15) is 17.7 Å². The van der Waals surface area contributed by atoms with Crippen LogP contribution in [-0.4, -0.2) is 61.4 Å². The van der Waals surface area contributed by atoms with E-state index in [2.05, 4.69) is 5.32 Å². The number of carbonyl (C=O) groups is 2. The van der Waals surface area contributed by atoms with Crippen molar-refractivity contribution >= 4 is 35.6 Å². The molecule has 0 bridgehead atoms. The number of hydrogen-bond donors (Lipinski definition) is 1. The van der Waals surface area contributed by atoms with E-state index in [0.29, 0.717) is 19.5 Å². The Morgan fingerprint density at radius 2 is 2.27 bits per heavy atom. The van der Waals surface area contributed by atoms with Gasteiger partial charge in [0.05, 0.1) is 6.42 Å². The highest BCUT2D eigenvalue weighted by molar-refractivity contribution is 7.10. The van der Waals surface area contributed by atoms with E-state index >= 15 is 0 Å². The number of thiophene rings is 1. The quantitative estimate of drug-likeness (QED) is 0.847. The van der Waals surface area contributed by atoms with E-state index < -0.39 is 0 Å². The van der Waals surface area contributed by atoms with E-state index in [1.54, 1.807) is 28.2 Å². The number of hydrogen-bond acceptors (Lipinski definition) is 4. The lowest BCUT2D eigenvalue weighted by Gasteiger charge is -2.28. The Hall–Kier alpha value is -1.11. The van der Waals surface area contributed by atoms with E-state index in [-0.39, 0.29) is 30.3 Å². The van der Waals surface area contributed by atoms with Gasteiger partial charge in [0.25, 0.3) is 0 Å². The average Bonchev–Trinajstić information content (AvgIpc) is 3.14. The molecule has 5 nitrogen and oxygen atoms in total. The van der Waals surface area contributed by atoms with Crippen LogP contribution in [0.15, 0.2) is 17.5 Å². The van der Waals surface area contributed by atoms with Gasteiger partial charge in [-0.15, -0.1) is 23.7 Å². The van der Waals surface area contributed by atoms with Crippen molar-refractivity contribution in [1.82, 2.24) is 15.1 Å². The maximum absolute atomic E-state index is 12.5.